The maximum atomic E-state index is 11.4. The molecule has 2 rings (SSSR count). The molecule has 2 aliphatic rings. The summed E-state index contributed by atoms with van der Waals surface area (Å²) in [6, 6.07) is 0. The van der Waals surface area contributed by atoms with Gasteiger partial charge >= 0.3 is 0 Å². The minimum atomic E-state index is -1.57. The Morgan fingerprint density at radius 3 is 2.32 bits per heavy atom. The Bertz CT molecular complexity index is 633. The largest absolute Gasteiger partial charge is 0.737 e. The van der Waals surface area contributed by atoms with Crippen LogP contribution in [0, 0.1) is 10.4 Å². The van der Waals surface area contributed by atoms with Crippen LogP contribution in [-0.2, 0) is 18.9 Å². The van der Waals surface area contributed by atoms with E-state index in [4.69, 9.17) is 24.7 Å². The molecular weight excluding hydrogens is 462 g/mol. The smallest absolute Gasteiger partial charge is 0.187 e. The number of nitrogens with one attached hydrogen (secondary N) is 1. The SMILES string of the molecule is CO[C@H]1[C@H](O)[C@@H](O)[C@@H](OC2[C@@H](CO)O[C@H](C)[C@H](O)[C@H]2O)O[C@@H]1CNCCN(CCN)/[N+]([O-])=N/[O-]. The molecule has 10 atom stereocenters. The topological polar surface area (TPSA) is 241 Å². The van der Waals surface area contributed by atoms with Crippen molar-refractivity contribution >= 4 is 0 Å². The molecule has 0 radical (unpaired) electrons. The zero-order chi connectivity index (χ0) is 25.4. The molecular formula is C18H36N5O11-. The Hall–Kier alpha value is -1.44. The van der Waals surface area contributed by atoms with E-state index in [9.17, 15) is 35.9 Å². The van der Waals surface area contributed by atoms with E-state index >= 15 is 0 Å². The van der Waals surface area contributed by atoms with Crippen molar-refractivity contribution in [2.75, 3.05) is 46.4 Å². The number of rotatable bonds is 12. The fraction of sp³-hybridized carbons (Fsp3) is 1.00. The van der Waals surface area contributed by atoms with Crippen molar-refractivity contribution in [3.63, 3.8) is 0 Å². The summed E-state index contributed by atoms with van der Waals surface area (Å²) in [5.41, 5.74) is 5.41. The van der Waals surface area contributed by atoms with Crippen molar-refractivity contribution in [1.82, 2.24) is 10.3 Å². The molecule has 2 saturated heterocycles. The van der Waals surface area contributed by atoms with Crippen molar-refractivity contribution in [3.05, 3.63) is 10.4 Å². The average Bonchev–Trinajstić information content (AvgIpc) is 2.83. The van der Waals surface area contributed by atoms with E-state index in [2.05, 4.69) is 10.6 Å². The Morgan fingerprint density at radius 1 is 1.06 bits per heavy atom. The molecule has 2 fully saturated rings. The number of ether oxygens (including phenoxy) is 4. The van der Waals surface area contributed by atoms with Crippen molar-refractivity contribution in [2.24, 2.45) is 11.0 Å². The van der Waals surface area contributed by atoms with Crippen molar-refractivity contribution in [1.29, 1.82) is 0 Å². The average molecular weight is 499 g/mol. The van der Waals surface area contributed by atoms with Crippen LogP contribution in [0.25, 0.3) is 0 Å². The molecule has 0 aromatic rings. The molecule has 2 aliphatic heterocycles. The quantitative estimate of drug-likeness (QED) is 0.0581. The summed E-state index contributed by atoms with van der Waals surface area (Å²) >= 11 is 0. The highest BCUT2D eigenvalue weighted by atomic mass is 16.7. The van der Waals surface area contributed by atoms with Crippen LogP contribution in [0.4, 0.5) is 0 Å². The van der Waals surface area contributed by atoms with Gasteiger partial charge in [0, 0.05) is 31.7 Å². The van der Waals surface area contributed by atoms with Gasteiger partial charge in [0.1, 0.15) is 48.8 Å². The summed E-state index contributed by atoms with van der Waals surface area (Å²) in [5, 5.41) is 79.4. The first kappa shape index (κ1) is 28.8. The van der Waals surface area contributed by atoms with E-state index < -0.39 is 67.8 Å². The van der Waals surface area contributed by atoms with Crippen LogP contribution in [0.5, 0.6) is 0 Å². The number of aliphatic hydroxyl groups is 5. The lowest BCUT2D eigenvalue weighted by atomic mass is 9.95. The second kappa shape index (κ2) is 13.6. The van der Waals surface area contributed by atoms with Crippen LogP contribution in [0.2, 0.25) is 0 Å². The van der Waals surface area contributed by atoms with Gasteiger partial charge in [-0.15, -0.1) is 5.01 Å². The van der Waals surface area contributed by atoms with Crippen LogP contribution < -0.4 is 11.1 Å². The van der Waals surface area contributed by atoms with Crippen molar-refractivity contribution in [2.45, 2.75) is 68.1 Å². The van der Waals surface area contributed by atoms with Gasteiger partial charge in [-0.2, -0.15) is 0 Å². The number of hydrogen-bond acceptors (Lipinski definition) is 14. The molecule has 1 unspecified atom stereocenters. The van der Waals surface area contributed by atoms with Gasteiger partial charge in [-0.1, -0.05) is 0 Å². The number of aliphatic hydroxyl groups excluding tert-OH is 5. The van der Waals surface area contributed by atoms with E-state index in [1.54, 1.807) is 0 Å². The van der Waals surface area contributed by atoms with Crippen molar-refractivity contribution in [3.8, 4) is 0 Å². The normalized spacial score (nSPS) is 39.2. The second-order valence-electron chi connectivity index (χ2n) is 8.15. The van der Waals surface area contributed by atoms with Crippen LogP contribution in [0.1, 0.15) is 6.92 Å². The fourth-order valence-electron chi connectivity index (χ4n) is 4.01. The highest BCUT2D eigenvalue weighted by Crippen LogP contribution is 2.29. The van der Waals surface area contributed by atoms with Gasteiger partial charge < -0.3 is 65.9 Å². The number of nitrogens with zero attached hydrogens (tertiary/aromatic N) is 3. The maximum absolute atomic E-state index is 11.4. The van der Waals surface area contributed by atoms with Crippen LogP contribution >= 0.6 is 0 Å². The second-order valence-corrected chi connectivity index (χ2v) is 8.15. The zero-order valence-corrected chi connectivity index (χ0v) is 19.1. The molecule has 16 nitrogen and oxygen atoms in total. The molecule has 0 aliphatic carbocycles. The summed E-state index contributed by atoms with van der Waals surface area (Å²) in [6.07, 6.45) is -12.0. The van der Waals surface area contributed by atoms with E-state index in [0.717, 1.165) is 5.01 Å². The Balaban J connectivity index is 2.02. The van der Waals surface area contributed by atoms with Gasteiger partial charge in [0.25, 0.3) is 0 Å². The van der Waals surface area contributed by atoms with E-state index in [0.29, 0.717) is 0 Å². The van der Waals surface area contributed by atoms with Gasteiger partial charge in [-0.3, -0.25) is 0 Å². The molecule has 2 heterocycles. The standard InChI is InChI=1S/C18H37N5O11/c1-9-12(25)13(26)17(11(8-24)32-9)34-18-15(28)14(27)16(31-2)10(33-18)7-20-4-6-22(5-3-19)23(30)21-29/h9-18,20,24-29H,3-8,19H2,1-2H3/p-1/b23-21-/t9-,10-,11-,12+,13-,14-,15-,16-,17?,18-/m1/s1. The van der Waals surface area contributed by atoms with Crippen LogP contribution in [-0.4, -0.2) is 143 Å². The summed E-state index contributed by atoms with van der Waals surface area (Å²) in [5.74, 6) is 0. The summed E-state index contributed by atoms with van der Waals surface area (Å²) in [4.78, 5) is -0.0992. The van der Waals surface area contributed by atoms with E-state index in [1.807, 2.05) is 0 Å². The molecule has 0 bridgehead atoms. The monoisotopic (exact) mass is 498 g/mol. The Labute approximate surface area is 196 Å². The molecule has 0 saturated carbocycles. The minimum absolute atomic E-state index is 0.0821. The fourth-order valence-corrected chi connectivity index (χ4v) is 4.01. The number of nitrogens with two attached hydrogens (primary N) is 1. The number of methoxy groups -OCH3 is 1. The minimum Gasteiger partial charge on any atom is -0.737 e. The third-order valence-corrected chi connectivity index (χ3v) is 5.90. The first-order valence-electron chi connectivity index (χ1n) is 11.0. The van der Waals surface area contributed by atoms with Crippen LogP contribution in [0.15, 0.2) is 5.28 Å². The molecule has 8 N–H and O–H groups in total. The Morgan fingerprint density at radius 2 is 1.74 bits per heavy atom. The maximum Gasteiger partial charge on any atom is 0.187 e. The summed E-state index contributed by atoms with van der Waals surface area (Å²) in [7, 11) is 1.32. The first-order chi connectivity index (χ1) is 16.2. The third-order valence-electron chi connectivity index (χ3n) is 5.90. The highest BCUT2D eigenvalue weighted by molar-refractivity contribution is 4.95. The number of hydrazine groups is 1. The predicted octanol–water partition coefficient (Wildman–Crippen LogP) is -4.44. The Kier molecular flexibility index (Phi) is 11.5. The molecule has 0 aromatic carbocycles. The highest BCUT2D eigenvalue weighted by Gasteiger charge is 2.50. The molecule has 0 amide bonds. The summed E-state index contributed by atoms with van der Waals surface area (Å²) in [6.45, 7) is 1.64. The van der Waals surface area contributed by atoms with E-state index in [1.165, 1.54) is 14.0 Å². The summed E-state index contributed by atoms with van der Waals surface area (Å²) < 4.78 is 22.2. The number of hydrogen-bond donors (Lipinski definition) is 7. The molecule has 16 heteroatoms. The van der Waals surface area contributed by atoms with E-state index in [-0.39, 0.29) is 37.7 Å². The third kappa shape index (κ3) is 6.82. The van der Waals surface area contributed by atoms with Gasteiger partial charge in [0.15, 0.2) is 6.29 Å². The first-order valence-corrected chi connectivity index (χ1v) is 11.0. The molecule has 34 heavy (non-hydrogen) atoms. The molecule has 0 aromatic heterocycles. The van der Waals surface area contributed by atoms with Gasteiger partial charge in [-0.05, 0) is 12.2 Å². The van der Waals surface area contributed by atoms with Gasteiger partial charge in [0.05, 0.1) is 25.8 Å². The van der Waals surface area contributed by atoms with Crippen molar-refractivity contribution < 1.29 is 49.4 Å². The van der Waals surface area contributed by atoms with Gasteiger partial charge in [0.2, 0.25) is 0 Å². The zero-order valence-electron chi connectivity index (χ0n) is 19.1. The van der Waals surface area contributed by atoms with Gasteiger partial charge in [-0.25, -0.2) is 0 Å². The molecule has 200 valence electrons. The van der Waals surface area contributed by atoms with Crippen LogP contribution in [0.3, 0.4) is 0 Å². The lowest BCUT2D eigenvalue weighted by Gasteiger charge is -2.46. The lowest BCUT2D eigenvalue weighted by Crippen LogP contribution is -2.65. The lowest BCUT2D eigenvalue weighted by molar-refractivity contribution is -0.689. The molecule has 0 spiro atoms. The predicted molar refractivity (Wildman–Crippen MR) is 113 cm³/mol.